The summed E-state index contributed by atoms with van der Waals surface area (Å²) in [6, 6.07) is 3.76. The van der Waals surface area contributed by atoms with E-state index >= 15 is 0 Å². The zero-order valence-electron chi connectivity index (χ0n) is 17.6. The Labute approximate surface area is 174 Å². The molecule has 1 fully saturated rings. The molecule has 0 bridgehead atoms. The Bertz CT molecular complexity index is 692. The van der Waals surface area contributed by atoms with Crippen LogP contribution < -0.4 is 14.2 Å². The van der Waals surface area contributed by atoms with Gasteiger partial charge in [0, 0.05) is 51.3 Å². The number of benzene rings is 1. The maximum atomic E-state index is 12.3. The van der Waals surface area contributed by atoms with Crippen molar-refractivity contribution in [1.82, 2.24) is 9.80 Å². The van der Waals surface area contributed by atoms with Gasteiger partial charge in [0.25, 0.3) is 0 Å². The van der Waals surface area contributed by atoms with E-state index < -0.39 is 12.8 Å². The van der Waals surface area contributed by atoms with Gasteiger partial charge in [-0.1, -0.05) is 6.07 Å². The standard InChI is InChI=1S/C20H29F3N2O5/c1-27-16-7-6-15(18(28-2)19(16)29-3)13-24-8-10-25(11-9-24)17(26)5-4-12-30-14-20(21,22)23/h6-7H,4-5,8-14H2,1-3H3. The number of halogens is 3. The van der Waals surface area contributed by atoms with E-state index in [0.29, 0.717) is 50.0 Å². The highest BCUT2D eigenvalue weighted by Crippen LogP contribution is 2.40. The number of carbonyl (C=O) groups excluding carboxylic acids is 1. The number of ether oxygens (including phenoxy) is 4. The molecule has 0 saturated carbocycles. The second kappa shape index (κ2) is 11.3. The first-order chi connectivity index (χ1) is 14.3. The molecule has 1 aliphatic rings. The van der Waals surface area contributed by atoms with Crippen molar-refractivity contribution in [1.29, 1.82) is 0 Å². The normalized spacial score (nSPS) is 15.2. The summed E-state index contributed by atoms with van der Waals surface area (Å²) in [4.78, 5) is 16.2. The summed E-state index contributed by atoms with van der Waals surface area (Å²) in [6.45, 7) is 1.79. The number of hydrogen-bond acceptors (Lipinski definition) is 6. The Hall–Kier alpha value is -2.20. The zero-order chi connectivity index (χ0) is 22.1. The third kappa shape index (κ3) is 6.94. The lowest BCUT2D eigenvalue weighted by molar-refractivity contribution is -0.174. The molecule has 0 spiro atoms. The van der Waals surface area contributed by atoms with Gasteiger partial charge in [0.05, 0.1) is 21.3 Å². The van der Waals surface area contributed by atoms with Gasteiger partial charge in [0.2, 0.25) is 11.7 Å². The fourth-order valence-corrected chi connectivity index (χ4v) is 3.36. The Morgan fingerprint density at radius 3 is 2.23 bits per heavy atom. The monoisotopic (exact) mass is 434 g/mol. The van der Waals surface area contributed by atoms with Crippen LogP contribution in [0.2, 0.25) is 0 Å². The predicted octanol–water partition coefficient (Wildman–Crippen LogP) is 2.72. The number of amides is 1. The zero-order valence-corrected chi connectivity index (χ0v) is 17.6. The number of nitrogens with zero attached hydrogens (tertiary/aromatic N) is 2. The van der Waals surface area contributed by atoms with E-state index in [0.717, 1.165) is 5.56 Å². The lowest BCUT2D eigenvalue weighted by Crippen LogP contribution is -2.48. The SMILES string of the molecule is COc1ccc(CN2CCN(C(=O)CCCOCC(F)(F)F)CC2)c(OC)c1OC. The van der Waals surface area contributed by atoms with E-state index in [4.69, 9.17) is 14.2 Å². The van der Waals surface area contributed by atoms with Crippen LogP contribution in [0.1, 0.15) is 18.4 Å². The van der Waals surface area contributed by atoms with Gasteiger partial charge in [-0.15, -0.1) is 0 Å². The van der Waals surface area contributed by atoms with Crippen molar-refractivity contribution in [3.05, 3.63) is 17.7 Å². The van der Waals surface area contributed by atoms with Crippen molar-refractivity contribution in [2.24, 2.45) is 0 Å². The number of methoxy groups -OCH3 is 3. The number of hydrogen-bond donors (Lipinski definition) is 0. The Morgan fingerprint density at radius 2 is 1.67 bits per heavy atom. The van der Waals surface area contributed by atoms with Crippen molar-refractivity contribution >= 4 is 5.91 Å². The summed E-state index contributed by atoms with van der Waals surface area (Å²) in [5.74, 6) is 1.69. The molecule has 1 saturated heterocycles. The lowest BCUT2D eigenvalue weighted by atomic mass is 10.1. The molecule has 0 atom stereocenters. The highest BCUT2D eigenvalue weighted by molar-refractivity contribution is 5.76. The van der Waals surface area contributed by atoms with E-state index in [-0.39, 0.29) is 25.4 Å². The number of carbonyl (C=O) groups is 1. The van der Waals surface area contributed by atoms with Crippen LogP contribution in [0.4, 0.5) is 13.2 Å². The van der Waals surface area contributed by atoms with Gasteiger partial charge in [0.1, 0.15) is 6.61 Å². The van der Waals surface area contributed by atoms with Crippen LogP contribution >= 0.6 is 0 Å². The van der Waals surface area contributed by atoms with E-state index in [1.165, 1.54) is 0 Å². The highest BCUT2D eigenvalue weighted by Gasteiger charge is 2.27. The molecular formula is C20H29F3N2O5. The van der Waals surface area contributed by atoms with Crippen LogP contribution in [0.5, 0.6) is 17.2 Å². The highest BCUT2D eigenvalue weighted by atomic mass is 19.4. The van der Waals surface area contributed by atoms with E-state index in [9.17, 15) is 18.0 Å². The van der Waals surface area contributed by atoms with Gasteiger partial charge in [-0.25, -0.2) is 0 Å². The van der Waals surface area contributed by atoms with Gasteiger partial charge >= 0.3 is 6.18 Å². The summed E-state index contributed by atoms with van der Waals surface area (Å²) in [7, 11) is 4.70. The molecule has 2 rings (SSSR count). The van der Waals surface area contributed by atoms with Gasteiger partial charge in [0.15, 0.2) is 11.5 Å². The molecule has 1 amide bonds. The van der Waals surface area contributed by atoms with Crippen molar-refractivity contribution in [2.75, 3.05) is 60.7 Å². The maximum Gasteiger partial charge on any atom is 0.411 e. The maximum absolute atomic E-state index is 12.3. The molecule has 0 aromatic heterocycles. The summed E-state index contributed by atoms with van der Waals surface area (Å²) in [6.07, 6.45) is -3.88. The quantitative estimate of drug-likeness (QED) is 0.528. The predicted molar refractivity (Wildman–Crippen MR) is 104 cm³/mol. The molecule has 30 heavy (non-hydrogen) atoms. The molecule has 0 unspecified atom stereocenters. The van der Waals surface area contributed by atoms with E-state index in [1.807, 2.05) is 12.1 Å². The second-order valence-electron chi connectivity index (χ2n) is 6.92. The smallest absolute Gasteiger partial charge is 0.411 e. The summed E-state index contributed by atoms with van der Waals surface area (Å²) >= 11 is 0. The number of piperazine rings is 1. The molecule has 10 heteroatoms. The minimum Gasteiger partial charge on any atom is -0.493 e. The van der Waals surface area contributed by atoms with Crippen LogP contribution in [0.15, 0.2) is 12.1 Å². The number of alkyl halides is 3. The largest absolute Gasteiger partial charge is 0.493 e. The van der Waals surface area contributed by atoms with Crippen molar-refractivity contribution in [2.45, 2.75) is 25.6 Å². The third-order valence-corrected chi connectivity index (χ3v) is 4.85. The molecular weight excluding hydrogens is 405 g/mol. The first-order valence-electron chi connectivity index (χ1n) is 9.71. The van der Waals surface area contributed by atoms with Crippen LogP contribution in [0.25, 0.3) is 0 Å². The van der Waals surface area contributed by atoms with E-state index in [2.05, 4.69) is 9.64 Å². The van der Waals surface area contributed by atoms with Crippen molar-refractivity contribution in [3.8, 4) is 17.2 Å². The van der Waals surface area contributed by atoms with Crippen molar-refractivity contribution in [3.63, 3.8) is 0 Å². The van der Waals surface area contributed by atoms with Gasteiger partial charge in [-0.05, 0) is 12.5 Å². The van der Waals surface area contributed by atoms with Crippen LogP contribution in [-0.2, 0) is 16.1 Å². The fourth-order valence-electron chi connectivity index (χ4n) is 3.36. The van der Waals surface area contributed by atoms with Gasteiger partial charge in [-0.3, -0.25) is 9.69 Å². The molecule has 0 radical (unpaired) electrons. The molecule has 0 N–H and O–H groups in total. The Kier molecular flexibility index (Phi) is 9.04. The summed E-state index contributed by atoms with van der Waals surface area (Å²) in [5.41, 5.74) is 0.955. The molecule has 170 valence electrons. The van der Waals surface area contributed by atoms with Gasteiger partial charge in [-0.2, -0.15) is 13.2 Å². The molecule has 7 nitrogen and oxygen atoms in total. The molecule has 1 aromatic carbocycles. The minimum atomic E-state index is -4.34. The van der Waals surface area contributed by atoms with Crippen LogP contribution in [0, 0.1) is 0 Å². The Morgan fingerprint density at radius 1 is 1.00 bits per heavy atom. The lowest BCUT2D eigenvalue weighted by Gasteiger charge is -2.35. The third-order valence-electron chi connectivity index (χ3n) is 4.85. The fraction of sp³-hybridized carbons (Fsp3) is 0.650. The van der Waals surface area contributed by atoms with E-state index in [1.54, 1.807) is 26.2 Å². The average molecular weight is 434 g/mol. The van der Waals surface area contributed by atoms with Gasteiger partial charge < -0.3 is 23.8 Å². The minimum absolute atomic E-state index is 0.0612. The molecule has 1 aliphatic heterocycles. The van der Waals surface area contributed by atoms with Crippen molar-refractivity contribution < 1.29 is 36.9 Å². The first kappa shape index (κ1) is 24.1. The second-order valence-corrected chi connectivity index (χ2v) is 6.92. The molecule has 1 heterocycles. The summed E-state index contributed by atoms with van der Waals surface area (Å²) in [5, 5.41) is 0. The Balaban J connectivity index is 1.80. The van der Waals surface area contributed by atoms with Crippen LogP contribution in [0.3, 0.4) is 0 Å². The topological polar surface area (TPSA) is 60.5 Å². The molecule has 0 aliphatic carbocycles. The number of rotatable bonds is 10. The van der Waals surface area contributed by atoms with Crippen LogP contribution in [-0.4, -0.2) is 82.6 Å². The summed E-state index contributed by atoms with van der Waals surface area (Å²) < 4.78 is 56.9. The molecule has 1 aromatic rings. The average Bonchev–Trinajstić information content (AvgIpc) is 2.72. The first-order valence-corrected chi connectivity index (χ1v) is 9.71.